The monoisotopic (exact) mass is 193 g/mol. The number of aromatic amines is 1. The Kier molecular flexibility index (Phi) is 2.60. The topological polar surface area (TPSA) is 54.7 Å². The third-order valence-electron chi connectivity index (χ3n) is 1.69. The molecule has 74 valence electrons. The summed E-state index contributed by atoms with van der Waals surface area (Å²) in [5.41, 5.74) is 4.63. The third kappa shape index (κ3) is 2.21. The lowest BCUT2D eigenvalue weighted by atomic mass is 10.2. The summed E-state index contributed by atoms with van der Waals surface area (Å²) in [5.74, 6) is 0.176. The zero-order valence-corrected chi connectivity index (χ0v) is 7.02. The first-order valence-corrected chi connectivity index (χ1v) is 3.82. The minimum atomic E-state index is -4.38. The molecule has 0 amide bonds. The van der Waals surface area contributed by atoms with Crippen molar-refractivity contribution in [1.82, 2.24) is 9.97 Å². The summed E-state index contributed by atoms with van der Waals surface area (Å²) in [6, 6.07) is -0.462. The van der Waals surface area contributed by atoms with Crippen molar-refractivity contribution in [1.29, 1.82) is 0 Å². The Morgan fingerprint density at radius 3 is 2.62 bits per heavy atom. The highest BCUT2D eigenvalue weighted by Crippen LogP contribution is 2.28. The molecule has 0 saturated carbocycles. The van der Waals surface area contributed by atoms with E-state index in [1.165, 1.54) is 0 Å². The van der Waals surface area contributed by atoms with E-state index in [4.69, 9.17) is 5.73 Å². The van der Waals surface area contributed by atoms with Crippen LogP contribution in [0.2, 0.25) is 0 Å². The molecule has 0 bridgehead atoms. The van der Waals surface area contributed by atoms with Crippen LogP contribution in [0, 0.1) is 0 Å². The van der Waals surface area contributed by atoms with E-state index < -0.39 is 17.9 Å². The summed E-state index contributed by atoms with van der Waals surface area (Å²) in [7, 11) is 0. The first kappa shape index (κ1) is 10.0. The maximum absolute atomic E-state index is 12.1. The van der Waals surface area contributed by atoms with Gasteiger partial charge in [-0.15, -0.1) is 0 Å². The van der Waals surface area contributed by atoms with Gasteiger partial charge in [-0.25, -0.2) is 4.98 Å². The van der Waals surface area contributed by atoms with E-state index >= 15 is 0 Å². The molecule has 3 nitrogen and oxygen atoms in total. The third-order valence-corrected chi connectivity index (χ3v) is 1.69. The number of rotatable bonds is 2. The summed E-state index contributed by atoms with van der Waals surface area (Å²) in [4.78, 5) is 5.70. The lowest BCUT2D eigenvalue weighted by Crippen LogP contribution is -2.11. The molecule has 0 saturated heterocycles. The highest BCUT2D eigenvalue weighted by Gasteiger charge is 2.33. The maximum Gasteiger partial charge on any atom is 0.432 e. The first-order valence-electron chi connectivity index (χ1n) is 3.82. The molecule has 1 heterocycles. The summed E-state index contributed by atoms with van der Waals surface area (Å²) < 4.78 is 36.2. The van der Waals surface area contributed by atoms with Gasteiger partial charge in [-0.05, 0) is 6.42 Å². The van der Waals surface area contributed by atoms with Crippen molar-refractivity contribution in [2.75, 3.05) is 0 Å². The van der Waals surface area contributed by atoms with Crippen molar-refractivity contribution in [3.05, 3.63) is 17.7 Å². The van der Waals surface area contributed by atoms with Crippen molar-refractivity contribution in [3.63, 3.8) is 0 Å². The van der Waals surface area contributed by atoms with Crippen LogP contribution < -0.4 is 5.73 Å². The molecule has 6 heteroatoms. The lowest BCUT2D eigenvalue weighted by molar-refractivity contribution is -0.140. The van der Waals surface area contributed by atoms with Crippen molar-refractivity contribution < 1.29 is 13.2 Å². The number of nitrogens with two attached hydrogens (primary N) is 1. The van der Waals surface area contributed by atoms with Gasteiger partial charge >= 0.3 is 6.18 Å². The van der Waals surface area contributed by atoms with E-state index in [1.807, 2.05) is 0 Å². The molecule has 13 heavy (non-hydrogen) atoms. The summed E-state index contributed by atoms with van der Waals surface area (Å²) in [6.45, 7) is 1.78. The molecule has 0 fully saturated rings. The second kappa shape index (κ2) is 3.37. The Morgan fingerprint density at radius 1 is 1.62 bits per heavy atom. The van der Waals surface area contributed by atoms with Crippen LogP contribution in [0.5, 0.6) is 0 Å². The number of alkyl halides is 3. The van der Waals surface area contributed by atoms with Crippen molar-refractivity contribution in [2.24, 2.45) is 5.73 Å². The second-order valence-corrected chi connectivity index (χ2v) is 2.69. The van der Waals surface area contributed by atoms with Gasteiger partial charge < -0.3 is 10.7 Å². The minimum Gasteiger partial charge on any atom is -0.337 e. The van der Waals surface area contributed by atoms with Gasteiger partial charge in [0, 0.05) is 0 Å². The fourth-order valence-corrected chi connectivity index (χ4v) is 0.862. The SMILES string of the molecule is CCC(N)c1ncc(C(F)(F)F)[nH]1. The van der Waals surface area contributed by atoms with Crippen molar-refractivity contribution >= 4 is 0 Å². The Bertz CT molecular complexity index is 279. The van der Waals surface area contributed by atoms with Crippen LogP contribution in [0.15, 0.2) is 6.20 Å². The van der Waals surface area contributed by atoms with E-state index in [2.05, 4.69) is 9.97 Å². The average Bonchev–Trinajstić information content (AvgIpc) is 2.50. The van der Waals surface area contributed by atoms with E-state index in [1.54, 1.807) is 6.92 Å². The molecular formula is C7H10F3N3. The minimum absolute atomic E-state index is 0.176. The summed E-state index contributed by atoms with van der Waals surface area (Å²) >= 11 is 0. The van der Waals surface area contributed by atoms with Gasteiger partial charge in [0.2, 0.25) is 0 Å². The fraction of sp³-hybridized carbons (Fsp3) is 0.571. The highest BCUT2D eigenvalue weighted by molar-refractivity contribution is 5.07. The Balaban J connectivity index is 2.87. The number of H-pyrrole nitrogens is 1. The zero-order valence-electron chi connectivity index (χ0n) is 7.02. The van der Waals surface area contributed by atoms with Crippen LogP contribution >= 0.6 is 0 Å². The van der Waals surface area contributed by atoms with Gasteiger partial charge in [-0.3, -0.25) is 0 Å². The van der Waals surface area contributed by atoms with E-state index in [0.29, 0.717) is 6.42 Å². The van der Waals surface area contributed by atoms with Gasteiger partial charge in [-0.2, -0.15) is 13.2 Å². The number of halogens is 3. The van der Waals surface area contributed by atoms with Crippen LogP contribution in [-0.2, 0) is 6.18 Å². The first-order chi connectivity index (χ1) is 5.95. The number of nitrogens with zero attached hydrogens (tertiary/aromatic N) is 1. The Labute approximate surface area is 73.2 Å². The molecule has 1 rings (SSSR count). The molecule has 0 aliphatic heterocycles. The van der Waals surface area contributed by atoms with Gasteiger partial charge in [0.25, 0.3) is 0 Å². The van der Waals surface area contributed by atoms with Crippen molar-refractivity contribution in [2.45, 2.75) is 25.6 Å². The Morgan fingerprint density at radius 2 is 2.23 bits per heavy atom. The molecule has 0 aliphatic carbocycles. The highest BCUT2D eigenvalue weighted by atomic mass is 19.4. The largest absolute Gasteiger partial charge is 0.432 e. The van der Waals surface area contributed by atoms with Crippen LogP contribution in [0.4, 0.5) is 13.2 Å². The predicted molar refractivity (Wildman–Crippen MR) is 40.8 cm³/mol. The quantitative estimate of drug-likeness (QED) is 0.752. The van der Waals surface area contributed by atoms with Gasteiger partial charge in [0.15, 0.2) is 0 Å². The zero-order chi connectivity index (χ0) is 10.1. The number of hydrogen-bond acceptors (Lipinski definition) is 2. The molecule has 1 aromatic rings. The summed E-state index contributed by atoms with van der Waals surface area (Å²) in [5, 5.41) is 0. The van der Waals surface area contributed by atoms with Gasteiger partial charge in [0.1, 0.15) is 11.5 Å². The number of hydrogen-bond donors (Lipinski definition) is 2. The molecule has 0 radical (unpaired) electrons. The average molecular weight is 193 g/mol. The molecule has 3 N–H and O–H groups in total. The maximum atomic E-state index is 12.1. The molecule has 1 unspecified atom stereocenters. The van der Waals surface area contributed by atoms with Crippen molar-refractivity contribution in [3.8, 4) is 0 Å². The lowest BCUT2D eigenvalue weighted by Gasteiger charge is -2.04. The van der Waals surface area contributed by atoms with Gasteiger partial charge in [-0.1, -0.05) is 6.92 Å². The van der Waals surface area contributed by atoms with Crippen LogP contribution in [0.1, 0.15) is 30.9 Å². The fourth-order valence-electron chi connectivity index (χ4n) is 0.862. The second-order valence-electron chi connectivity index (χ2n) is 2.69. The normalized spacial score (nSPS) is 14.5. The molecule has 0 aromatic carbocycles. The number of aromatic nitrogens is 2. The Hall–Kier alpha value is -1.04. The van der Waals surface area contributed by atoms with E-state index in [9.17, 15) is 13.2 Å². The molecular weight excluding hydrogens is 183 g/mol. The molecule has 1 aromatic heterocycles. The molecule has 0 aliphatic rings. The van der Waals surface area contributed by atoms with Crippen LogP contribution in [0.25, 0.3) is 0 Å². The van der Waals surface area contributed by atoms with Crippen LogP contribution in [-0.4, -0.2) is 9.97 Å². The molecule has 1 atom stereocenters. The van der Waals surface area contributed by atoms with E-state index in [-0.39, 0.29) is 5.82 Å². The smallest absolute Gasteiger partial charge is 0.337 e. The van der Waals surface area contributed by atoms with E-state index in [0.717, 1.165) is 6.20 Å². The standard InChI is InChI=1S/C7H10F3N3/c1-2-4(11)6-12-3-5(13-6)7(8,9)10/h3-4H,2,11H2,1H3,(H,12,13). The predicted octanol–water partition coefficient (Wildman–Crippen LogP) is 1.84. The number of imidazole rings is 1. The van der Waals surface area contributed by atoms with Gasteiger partial charge in [0.05, 0.1) is 12.2 Å². The summed E-state index contributed by atoms with van der Waals surface area (Å²) in [6.07, 6.45) is -3.08. The number of nitrogens with one attached hydrogen (secondary N) is 1. The molecule has 0 spiro atoms. The van der Waals surface area contributed by atoms with Crippen LogP contribution in [0.3, 0.4) is 0 Å².